The fraction of sp³-hybridized carbons (Fsp3) is 0.667. The summed E-state index contributed by atoms with van der Waals surface area (Å²) in [5, 5.41) is 7.49. The summed E-state index contributed by atoms with van der Waals surface area (Å²) in [5.74, 6) is 0. The Kier molecular flexibility index (Phi) is 3.30. The molecule has 1 aromatic heterocycles. The van der Waals surface area contributed by atoms with Crippen LogP contribution in [0.4, 0.5) is 5.69 Å². The van der Waals surface area contributed by atoms with Crippen LogP contribution in [-0.4, -0.2) is 15.8 Å². The van der Waals surface area contributed by atoms with Gasteiger partial charge in [0.2, 0.25) is 0 Å². The SMILES string of the molecule is Cn1ncc(NC2CCCC2(C)C)c(Br)c1=O. The van der Waals surface area contributed by atoms with Crippen LogP contribution in [-0.2, 0) is 7.05 Å². The molecule has 1 saturated carbocycles. The van der Waals surface area contributed by atoms with E-state index in [2.05, 4.69) is 40.2 Å². The number of anilines is 1. The molecule has 17 heavy (non-hydrogen) atoms. The van der Waals surface area contributed by atoms with Crippen LogP contribution in [0.1, 0.15) is 33.1 Å². The molecule has 1 fully saturated rings. The molecule has 1 aromatic rings. The number of halogens is 1. The van der Waals surface area contributed by atoms with E-state index in [0.29, 0.717) is 10.5 Å². The Balaban J connectivity index is 2.25. The lowest BCUT2D eigenvalue weighted by molar-refractivity contribution is 0.349. The van der Waals surface area contributed by atoms with Gasteiger partial charge in [0.15, 0.2) is 0 Å². The van der Waals surface area contributed by atoms with E-state index >= 15 is 0 Å². The van der Waals surface area contributed by atoms with E-state index in [4.69, 9.17) is 0 Å². The van der Waals surface area contributed by atoms with Crippen molar-refractivity contribution in [3.05, 3.63) is 21.0 Å². The number of aromatic nitrogens is 2. The third kappa shape index (κ3) is 2.39. The standard InChI is InChI=1S/C12H18BrN3O/c1-12(2)6-4-5-9(12)15-8-7-14-16(3)11(17)10(8)13/h7,9,15H,4-6H2,1-3H3. The molecule has 94 valence electrons. The molecule has 0 saturated heterocycles. The van der Waals surface area contributed by atoms with Gasteiger partial charge in [-0.25, -0.2) is 4.68 Å². The molecule has 0 aromatic carbocycles. The lowest BCUT2D eigenvalue weighted by Crippen LogP contribution is -2.32. The Morgan fingerprint density at radius 2 is 2.29 bits per heavy atom. The summed E-state index contributed by atoms with van der Waals surface area (Å²) in [7, 11) is 1.65. The van der Waals surface area contributed by atoms with E-state index in [1.165, 1.54) is 17.5 Å². The van der Waals surface area contributed by atoms with Crippen molar-refractivity contribution in [1.29, 1.82) is 0 Å². The van der Waals surface area contributed by atoms with Gasteiger partial charge < -0.3 is 5.32 Å². The van der Waals surface area contributed by atoms with Crippen molar-refractivity contribution >= 4 is 21.6 Å². The van der Waals surface area contributed by atoms with Gasteiger partial charge in [-0.05, 0) is 34.2 Å². The zero-order valence-electron chi connectivity index (χ0n) is 10.5. The summed E-state index contributed by atoms with van der Waals surface area (Å²) in [6.07, 6.45) is 5.32. The summed E-state index contributed by atoms with van der Waals surface area (Å²) in [4.78, 5) is 11.7. The molecule has 5 heteroatoms. The average molecular weight is 300 g/mol. The van der Waals surface area contributed by atoms with Crippen molar-refractivity contribution in [2.24, 2.45) is 12.5 Å². The van der Waals surface area contributed by atoms with Gasteiger partial charge in [-0.2, -0.15) is 5.10 Å². The van der Waals surface area contributed by atoms with Gasteiger partial charge in [0, 0.05) is 13.1 Å². The van der Waals surface area contributed by atoms with Gasteiger partial charge in [-0.3, -0.25) is 4.79 Å². The third-order valence-electron chi connectivity index (χ3n) is 3.67. The van der Waals surface area contributed by atoms with Crippen molar-refractivity contribution in [2.45, 2.75) is 39.2 Å². The topological polar surface area (TPSA) is 46.9 Å². The first kappa shape index (κ1) is 12.6. The summed E-state index contributed by atoms with van der Waals surface area (Å²) in [5.41, 5.74) is 0.972. The highest BCUT2D eigenvalue weighted by Gasteiger charge is 2.34. The maximum Gasteiger partial charge on any atom is 0.282 e. The third-order valence-corrected chi connectivity index (χ3v) is 4.43. The van der Waals surface area contributed by atoms with E-state index in [1.807, 2.05) is 0 Å². The zero-order chi connectivity index (χ0) is 12.6. The smallest absolute Gasteiger partial charge is 0.282 e. The lowest BCUT2D eigenvalue weighted by atomic mass is 9.87. The maximum absolute atomic E-state index is 11.7. The Morgan fingerprint density at radius 1 is 1.59 bits per heavy atom. The Hall–Kier alpha value is -0.840. The van der Waals surface area contributed by atoms with Crippen molar-refractivity contribution in [3.8, 4) is 0 Å². The first-order chi connectivity index (χ1) is 7.92. The molecule has 0 spiro atoms. The van der Waals surface area contributed by atoms with E-state index in [-0.39, 0.29) is 11.0 Å². The van der Waals surface area contributed by atoms with Crippen molar-refractivity contribution in [1.82, 2.24) is 9.78 Å². The molecule has 0 radical (unpaired) electrons. The van der Waals surface area contributed by atoms with E-state index in [1.54, 1.807) is 13.2 Å². The lowest BCUT2D eigenvalue weighted by Gasteiger charge is -2.28. The molecule has 0 bridgehead atoms. The fourth-order valence-electron chi connectivity index (χ4n) is 2.39. The molecular formula is C12H18BrN3O. The summed E-state index contributed by atoms with van der Waals surface area (Å²) in [6.45, 7) is 4.53. The highest BCUT2D eigenvalue weighted by Crippen LogP contribution is 2.39. The molecule has 1 atom stereocenters. The predicted molar refractivity (Wildman–Crippen MR) is 72.2 cm³/mol. The van der Waals surface area contributed by atoms with Crippen molar-refractivity contribution in [2.75, 3.05) is 5.32 Å². The van der Waals surface area contributed by atoms with E-state index in [9.17, 15) is 4.79 Å². The molecule has 1 aliphatic carbocycles. The Morgan fingerprint density at radius 3 is 2.88 bits per heavy atom. The molecule has 1 unspecified atom stereocenters. The molecular weight excluding hydrogens is 282 g/mol. The predicted octanol–water partition coefficient (Wildman–Crippen LogP) is 2.53. The first-order valence-corrected chi connectivity index (χ1v) is 6.69. The van der Waals surface area contributed by atoms with Crippen molar-refractivity contribution < 1.29 is 0 Å². The summed E-state index contributed by atoms with van der Waals surface area (Å²) >= 11 is 3.34. The van der Waals surface area contributed by atoms with Crippen LogP contribution in [0.15, 0.2) is 15.5 Å². The maximum atomic E-state index is 11.7. The number of hydrogen-bond acceptors (Lipinski definition) is 3. The van der Waals surface area contributed by atoms with E-state index in [0.717, 1.165) is 12.1 Å². The highest BCUT2D eigenvalue weighted by atomic mass is 79.9. The Labute approximate surface area is 110 Å². The van der Waals surface area contributed by atoms with Crippen LogP contribution in [0.25, 0.3) is 0 Å². The van der Waals surface area contributed by atoms with Gasteiger partial charge in [0.05, 0.1) is 11.9 Å². The summed E-state index contributed by atoms with van der Waals surface area (Å²) < 4.78 is 1.90. The molecule has 1 aliphatic rings. The number of rotatable bonds is 2. The normalized spacial score (nSPS) is 22.7. The second-order valence-electron chi connectivity index (χ2n) is 5.38. The fourth-order valence-corrected chi connectivity index (χ4v) is 2.87. The van der Waals surface area contributed by atoms with Gasteiger partial charge in [-0.1, -0.05) is 20.3 Å². The second kappa shape index (κ2) is 4.44. The minimum absolute atomic E-state index is 0.106. The minimum atomic E-state index is -0.106. The number of hydrogen-bond donors (Lipinski definition) is 1. The van der Waals surface area contributed by atoms with Crippen LogP contribution in [0, 0.1) is 5.41 Å². The average Bonchev–Trinajstić information content (AvgIpc) is 2.59. The number of nitrogens with zero attached hydrogens (tertiary/aromatic N) is 2. The van der Waals surface area contributed by atoms with Crippen molar-refractivity contribution in [3.63, 3.8) is 0 Å². The minimum Gasteiger partial charge on any atom is -0.379 e. The number of aryl methyl sites for hydroxylation is 1. The van der Waals surface area contributed by atoms with Gasteiger partial charge >= 0.3 is 0 Å². The van der Waals surface area contributed by atoms with Gasteiger partial charge in [-0.15, -0.1) is 0 Å². The molecule has 1 heterocycles. The molecule has 0 aliphatic heterocycles. The monoisotopic (exact) mass is 299 g/mol. The van der Waals surface area contributed by atoms with Crippen LogP contribution in [0.3, 0.4) is 0 Å². The zero-order valence-corrected chi connectivity index (χ0v) is 12.0. The molecule has 0 amide bonds. The Bertz CT molecular complexity index is 481. The second-order valence-corrected chi connectivity index (χ2v) is 6.17. The molecule has 4 nitrogen and oxygen atoms in total. The van der Waals surface area contributed by atoms with Crippen LogP contribution in [0.5, 0.6) is 0 Å². The largest absolute Gasteiger partial charge is 0.379 e. The molecule has 2 rings (SSSR count). The quantitative estimate of drug-likeness (QED) is 0.913. The van der Waals surface area contributed by atoms with Crippen LogP contribution >= 0.6 is 15.9 Å². The van der Waals surface area contributed by atoms with Crippen LogP contribution in [0.2, 0.25) is 0 Å². The van der Waals surface area contributed by atoms with Crippen LogP contribution < -0.4 is 10.9 Å². The highest BCUT2D eigenvalue weighted by molar-refractivity contribution is 9.10. The van der Waals surface area contributed by atoms with E-state index < -0.39 is 0 Å². The summed E-state index contributed by atoms with van der Waals surface area (Å²) in [6, 6.07) is 0.410. The molecule has 1 N–H and O–H groups in total. The first-order valence-electron chi connectivity index (χ1n) is 5.90. The van der Waals surface area contributed by atoms with Gasteiger partial charge in [0.1, 0.15) is 4.47 Å². The van der Waals surface area contributed by atoms with Gasteiger partial charge in [0.25, 0.3) is 5.56 Å². The number of nitrogens with one attached hydrogen (secondary N) is 1.